The molecular formula is C35H50N4O6. The van der Waals surface area contributed by atoms with Crippen molar-refractivity contribution in [1.29, 1.82) is 0 Å². The number of fused-ring (bicyclic) bond motifs is 5. The van der Waals surface area contributed by atoms with Gasteiger partial charge in [0.15, 0.2) is 5.78 Å². The number of aromatic nitrogens is 2. The van der Waals surface area contributed by atoms with Crippen molar-refractivity contribution >= 4 is 28.8 Å². The zero-order valence-corrected chi connectivity index (χ0v) is 28.1. The first-order valence-corrected chi connectivity index (χ1v) is 16.6. The van der Waals surface area contributed by atoms with Crippen molar-refractivity contribution in [2.75, 3.05) is 13.7 Å². The van der Waals surface area contributed by atoms with Gasteiger partial charge in [-0.25, -0.2) is 14.8 Å². The van der Waals surface area contributed by atoms with E-state index in [1.165, 1.54) is 6.92 Å². The van der Waals surface area contributed by atoms with Crippen molar-refractivity contribution in [3.8, 4) is 11.6 Å². The van der Waals surface area contributed by atoms with Crippen molar-refractivity contribution in [1.82, 2.24) is 20.2 Å². The Morgan fingerprint density at radius 3 is 2.56 bits per heavy atom. The molecule has 45 heavy (non-hydrogen) atoms. The number of nitrogens with one attached hydrogen (secondary N) is 1. The third-order valence-electron chi connectivity index (χ3n) is 10.1. The molecule has 1 aromatic heterocycles. The minimum absolute atomic E-state index is 0.114. The highest BCUT2D eigenvalue weighted by Crippen LogP contribution is 2.55. The molecule has 246 valence electrons. The predicted molar refractivity (Wildman–Crippen MR) is 171 cm³/mol. The smallest absolute Gasteiger partial charge is 0.408 e. The maximum Gasteiger partial charge on any atom is 0.408 e. The first-order chi connectivity index (χ1) is 21.3. The molecule has 1 aromatic carbocycles. The summed E-state index contributed by atoms with van der Waals surface area (Å²) >= 11 is 0. The molecule has 1 unspecified atom stereocenters. The summed E-state index contributed by atoms with van der Waals surface area (Å²) in [5, 5.41) is 2.93. The minimum Gasteiger partial charge on any atom is -0.497 e. The summed E-state index contributed by atoms with van der Waals surface area (Å²) < 4.78 is 18.3. The number of aryl methyl sites for hydroxylation is 1. The molecule has 3 heterocycles. The summed E-state index contributed by atoms with van der Waals surface area (Å²) in [6.45, 7) is 13.6. The Kier molecular flexibility index (Phi) is 9.34. The summed E-state index contributed by atoms with van der Waals surface area (Å²) in [5.74, 6) is 0.865. The van der Waals surface area contributed by atoms with E-state index in [-0.39, 0.29) is 36.0 Å². The molecule has 2 amide bonds. The fourth-order valence-electron chi connectivity index (χ4n) is 7.43. The molecule has 5 rings (SSSR count). The maximum absolute atomic E-state index is 14.4. The van der Waals surface area contributed by atoms with Gasteiger partial charge in [0.05, 0.1) is 30.7 Å². The molecule has 2 aromatic rings. The van der Waals surface area contributed by atoms with E-state index in [0.29, 0.717) is 30.0 Å². The molecule has 1 saturated carbocycles. The molecule has 0 spiro atoms. The molecule has 0 radical (unpaired) electrons. The molecule has 10 heteroatoms. The molecular weight excluding hydrogens is 572 g/mol. The van der Waals surface area contributed by atoms with E-state index in [1.54, 1.807) is 12.0 Å². The van der Waals surface area contributed by atoms with Crippen LogP contribution in [-0.2, 0) is 20.7 Å². The second kappa shape index (κ2) is 12.8. The quantitative estimate of drug-likeness (QED) is 0.449. The maximum atomic E-state index is 14.4. The zero-order valence-electron chi connectivity index (χ0n) is 28.1. The normalized spacial score (nSPS) is 29.5. The van der Waals surface area contributed by atoms with Crippen molar-refractivity contribution in [3.05, 3.63) is 23.9 Å². The van der Waals surface area contributed by atoms with Gasteiger partial charge in [-0.3, -0.25) is 9.59 Å². The average Bonchev–Trinajstić information content (AvgIpc) is 3.55. The van der Waals surface area contributed by atoms with Crippen LogP contribution in [0.2, 0.25) is 0 Å². The summed E-state index contributed by atoms with van der Waals surface area (Å²) in [6.07, 6.45) is 4.96. The summed E-state index contributed by atoms with van der Waals surface area (Å²) in [6, 6.07) is 4.03. The first-order valence-electron chi connectivity index (χ1n) is 16.6. The van der Waals surface area contributed by atoms with Crippen LogP contribution in [0.25, 0.3) is 11.0 Å². The van der Waals surface area contributed by atoms with Gasteiger partial charge in [-0.15, -0.1) is 0 Å². The second-order valence-electron chi connectivity index (χ2n) is 14.5. The van der Waals surface area contributed by atoms with Crippen LogP contribution in [-0.4, -0.2) is 70.1 Å². The van der Waals surface area contributed by atoms with Gasteiger partial charge in [0.25, 0.3) is 0 Å². The molecule has 1 saturated heterocycles. The summed E-state index contributed by atoms with van der Waals surface area (Å²) in [4.78, 5) is 52.5. The van der Waals surface area contributed by atoms with E-state index < -0.39 is 35.3 Å². The van der Waals surface area contributed by atoms with E-state index in [4.69, 9.17) is 24.2 Å². The summed E-state index contributed by atoms with van der Waals surface area (Å²) in [7, 11) is 1.61. The number of rotatable bonds is 4. The average molecular weight is 623 g/mol. The zero-order chi connectivity index (χ0) is 32.7. The largest absolute Gasteiger partial charge is 0.497 e. The monoisotopic (exact) mass is 622 g/mol. The van der Waals surface area contributed by atoms with Crippen molar-refractivity contribution in [2.45, 2.75) is 117 Å². The van der Waals surface area contributed by atoms with Gasteiger partial charge in [-0.2, -0.15) is 0 Å². The molecule has 2 fully saturated rings. The van der Waals surface area contributed by atoms with Crippen LogP contribution < -0.4 is 14.8 Å². The lowest BCUT2D eigenvalue weighted by molar-refractivity contribution is -0.141. The van der Waals surface area contributed by atoms with Crippen LogP contribution in [0.1, 0.15) is 92.7 Å². The lowest BCUT2D eigenvalue weighted by Gasteiger charge is -2.36. The number of carbonyl (C=O) groups excluding carboxylic acids is 3. The van der Waals surface area contributed by atoms with Crippen molar-refractivity contribution in [2.24, 2.45) is 23.2 Å². The number of carbonyl (C=O) groups is 3. The number of ketones is 1. The van der Waals surface area contributed by atoms with E-state index in [2.05, 4.69) is 19.2 Å². The van der Waals surface area contributed by atoms with Crippen LogP contribution >= 0.6 is 0 Å². The molecule has 10 nitrogen and oxygen atoms in total. The van der Waals surface area contributed by atoms with Crippen LogP contribution in [0.4, 0.5) is 4.79 Å². The van der Waals surface area contributed by atoms with Crippen LogP contribution in [0.15, 0.2) is 18.2 Å². The van der Waals surface area contributed by atoms with E-state index in [9.17, 15) is 14.4 Å². The topological polar surface area (TPSA) is 120 Å². The standard InChI is InChI=1S/C35H50N4O6/c1-9-24-28-19-39(29(24)21(4)40)32(41)30(34(5,6)7)38-33(42)45-35(20(2)3)18-22(35)13-11-10-12-14-26-31(44-28)37-27-17-23(43-8)15-16-25(27)36-26/h15-17,20,22,24,28-30H,9-14,18-19H2,1-8H3,(H,38,42)/t22?,24-,28+,29-,30-,35+/m1/s1. The lowest BCUT2D eigenvalue weighted by atomic mass is 9.85. The number of benzene rings is 1. The van der Waals surface area contributed by atoms with Gasteiger partial charge in [-0.05, 0) is 62.5 Å². The molecule has 2 aliphatic heterocycles. The van der Waals surface area contributed by atoms with Crippen molar-refractivity contribution < 1.29 is 28.6 Å². The highest BCUT2D eigenvalue weighted by Gasteiger charge is 2.59. The minimum atomic E-state index is -0.896. The highest BCUT2D eigenvalue weighted by molar-refractivity contribution is 5.92. The first kappa shape index (κ1) is 32.9. The van der Waals surface area contributed by atoms with Crippen molar-refractivity contribution in [3.63, 3.8) is 0 Å². The number of Topliss-reactive ketones (excluding diaryl/α,β-unsaturated/α-hetero) is 1. The summed E-state index contributed by atoms with van der Waals surface area (Å²) in [5.41, 5.74) is 1.03. The van der Waals surface area contributed by atoms with E-state index in [1.807, 2.05) is 45.9 Å². The lowest BCUT2D eigenvalue weighted by Crippen LogP contribution is -2.57. The van der Waals surface area contributed by atoms with Gasteiger partial charge < -0.3 is 24.4 Å². The highest BCUT2D eigenvalue weighted by atomic mass is 16.6. The fourth-order valence-corrected chi connectivity index (χ4v) is 7.43. The Hall–Kier alpha value is -3.43. The van der Waals surface area contributed by atoms with Gasteiger partial charge >= 0.3 is 6.09 Å². The molecule has 3 aliphatic rings. The van der Waals surface area contributed by atoms with Gasteiger partial charge in [0.2, 0.25) is 11.8 Å². The SMILES string of the molecule is CC[C@@H]1[C@@H]2CN(C(=O)[C@H](C(C)(C)C)NC(=O)O[C@]3(C(C)C)CC3CCCCCc3nc4ccc(OC)cc4nc3O2)[C@@H]1C(C)=O. The molecule has 6 atom stereocenters. The predicted octanol–water partition coefficient (Wildman–Crippen LogP) is 5.88. The van der Waals surface area contributed by atoms with Crippen LogP contribution in [0, 0.1) is 23.2 Å². The number of nitrogens with zero attached hydrogens (tertiary/aromatic N) is 3. The Morgan fingerprint density at radius 1 is 1.16 bits per heavy atom. The van der Waals surface area contributed by atoms with Gasteiger partial charge in [0, 0.05) is 17.9 Å². The number of hydrogen-bond acceptors (Lipinski definition) is 8. The number of hydrogen-bond donors (Lipinski definition) is 1. The molecule has 1 aliphatic carbocycles. The number of ether oxygens (including phenoxy) is 3. The second-order valence-corrected chi connectivity index (χ2v) is 14.5. The Labute approximate surface area is 267 Å². The van der Waals surface area contributed by atoms with Gasteiger partial charge in [0.1, 0.15) is 29.2 Å². The Bertz CT molecular complexity index is 1440. The fraction of sp³-hybridized carbons (Fsp3) is 0.686. The number of amides is 2. The van der Waals surface area contributed by atoms with Crippen LogP contribution in [0.5, 0.6) is 11.6 Å². The van der Waals surface area contributed by atoms with E-state index >= 15 is 0 Å². The Morgan fingerprint density at radius 2 is 1.91 bits per heavy atom. The van der Waals surface area contributed by atoms with Gasteiger partial charge in [-0.1, -0.05) is 54.4 Å². The Balaban J connectivity index is 1.55. The molecule has 1 N–H and O–H groups in total. The third kappa shape index (κ3) is 6.61. The number of methoxy groups -OCH3 is 1. The third-order valence-corrected chi connectivity index (χ3v) is 10.1. The number of alkyl carbamates (subject to hydrolysis) is 1. The van der Waals surface area contributed by atoms with E-state index in [0.717, 1.165) is 43.3 Å². The molecule has 2 bridgehead atoms. The van der Waals surface area contributed by atoms with Crippen LogP contribution in [0.3, 0.4) is 0 Å².